The van der Waals surface area contributed by atoms with Crippen molar-refractivity contribution in [2.75, 3.05) is 57.1 Å². The van der Waals surface area contributed by atoms with E-state index in [9.17, 15) is 13.7 Å². The maximum atomic E-state index is 15.9. The zero-order valence-electron chi connectivity index (χ0n) is 25.9. The Kier molecular flexibility index (Phi) is 9.76. The first-order valence-electron chi connectivity index (χ1n) is 15.2. The van der Waals surface area contributed by atoms with Crippen LogP contribution >= 0.6 is 0 Å². The lowest BCUT2D eigenvalue weighted by molar-refractivity contribution is -0.141. The third kappa shape index (κ3) is 6.42. The molecule has 2 aromatic carbocycles. The van der Waals surface area contributed by atoms with Gasteiger partial charge in [-0.2, -0.15) is 4.72 Å². The summed E-state index contributed by atoms with van der Waals surface area (Å²) in [5, 5.41) is 0.522. The molecule has 0 bridgehead atoms. The van der Waals surface area contributed by atoms with Gasteiger partial charge in [-0.3, -0.25) is 4.79 Å². The number of aromatic amines is 1. The number of pyridine rings is 1. The van der Waals surface area contributed by atoms with Gasteiger partial charge in [0, 0.05) is 74.4 Å². The number of alkyl halides is 1. The van der Waals surface area contributed by atoms with Gasteiger partial charge < -0.3 is 28.6 Å². The minimum atomic E-state index is -1.88. The van der Waals surface area contributed by atoms with Crippen molar-refractivity contribution in [3.63, 3.8) is 0 Å². The van der Waals surface area contributed by atoms with Crippen molar-refractivity contribution >= 4 is 39.7 Å². The SMILES string of the molecule is COc1ccc(N[S+]([O-])N2CCC(F)C2)c(F)c1C(=O)c1c[nH]c2ncc(-c3ccc(N4CCC(C(OC)OC)CC4)cc3)cc12. The summed E-state index contributed by atoms with van der Waals surface area (Å²) in [5.41, 5.74) is 3.06. The Morgan fingerprint density at radius 1 is 1.07 bits per heavy atom. The highest BCUT2D eigenvalue weighted by molar-refractivity contribution is 7.90. The van der Waals surface area contributed by atoms with Crippen LogP contribution in [0.2, 0.25) is 0 Å². The topological polar surface area (TPSA) is 115 Å². The number of hydrogen-bond donors (Lipinski definition) is 2. The van der Waals surface area contributed by atoms with E-state index in [-0.39, 0.29) is 48.4 Å². The molecule has 2 aromatic heterocycles. The van der Waals surface area contributed by atoms with E-state index >= 15 is 4.39 Å². The van der Waals surface area contributed by atoms with Gasteiger partial charge in [-0.15, -0.1) is 4.31 Å². The number of ether oxygens (including phenoxy) is 3. The molecule has 0 spiro atoms. The molecule has 2 aliphatic heterocycles. The molecule has 2 N–H and O–H groups in total. The van der Waals surface area contributed by atoms with Gasteiger partial charge in [0.2, 0.25) is 5.78 Å². The van der Waals surface area contributed by atoms with E-state index in [2.05, 4.69) is 31.7 Å². The van der Waals surface area contributed by atoms with E-state index in [1.54, 1.807) is 20.4 Å². The molecule has 6 rings (SSSR count). The second-order valence-electron chi connectivity index (χ2n) is 11.5. The molecule has 244 valence electrons. The van der Waals surface area contributed by atoms with Crippen LogP contribution in [0.5, 0.6) is 5.75 Å². The highest BCUT2D eigenvalue weighted by atomic mass is 32.2. The Hall–Kier alpha value is -3.75. The number of ketones is 1. The number of benzene rings is 2. The number of anilines is 2. The lowest BCUT2D eigenvalue weighted by Crippen LogP contribution is -2.39. The van der Waals surface area contributed by atoms with Crippen molar-refractivity contribution < 1.29 is 32.3 Å². The molecule has 4 heterocycles. The van der Waals surface area contributed by atoms with Crippen molar-refractivity contribution in [1.82, 2.24) is 14.3 Å². The molecular weight excluding hydrogens is 616 g/mol. The van der Waals surface area contributed by atoms with Gasteiger partial charge in [0.05, 0.1) is 13.7 Å². The Morgan fingerprint density at radius 2 is 1.80 bits per heavy atom. The highest BCUT2D eigenvalue weighted by Crippen LogP contribution is 2.34. The number of carbonyl (C=O) groups excluding carboxylic acids is 1. The summed E-state index contributed by atoms with van der Waals surface area (Å²) in [6.45, 7) is 2.07. The van der Waals surface area contributed by atoms with Crippen molar-refractivity contribution in [2.24, 2.45) is 5.92 Å². The van der Waals surface area contributed by atoms with E-state index < -0.39 is 29.3 Å². The first-order chi connectivity index (χ1) is 22.3. The number of methoxy groups -OCH3 is 3. The molecule has 0 aliphatic carbocycles. The summed E-state index contributed by atoms with van der Waals surface area (Å²) in [7, 11) is 4.70. The lowest BCUT2D eigenvalue weighted by Gasteiger charge is -2.36. The Bertz CT molecular complexity index is 1680. The van der Waals surface area contributed by atoms with Crippen LogP contribution in [0.25, 0.3) is 22.2 Å². The van der Waals surface area contributed by atoms with Crippen molar-refractivity contribution in [3.8, 4) is 16.9 Å². The molecule has 10 nitrogen and oxygen atoms in total. The lowest BCUT2D eigenvalue weighted by atomic mass is 9.95. The van der Waals surface area contributed by atoms with Crippen LogP contribution in [0.1, 0.15) is 35.2 Å². The second-order valence-corrected chi connectivity index (χ2v) is 12.7. The van der Waals surface area contributed by atoms with Gasteiger partial charge in [0.15, 0.2) is 23.7 Å². The van der Waals surface area contributed by atoms with E-state index in [1.807, 2.05) is 18.2 Å². The normalized spacial score (nSPS) is 18.4. The molecule has 2 atom stereocenters. The Balaban J connectivity index is 1.23. The van der Waals surface area contributed by atoms with Crippen LogP contribution in [0.3, 0.4) is 0 Å². The number of nitrogens with one attached hydrogen (secondary N) is 2. The predicted molar refractivity (Wildman–Crippen MR) is 174 cm³/mol. The van der Waals surface area contributed by atoms with Crippen LogP contribution in [-0.4, -0.2) is 84.6 Å². The van der Waals surface area contributed by atoms with Crippen molar-refractivity contribution in [1.29, 1.82) is 0 Å². The number of hydrogen-bond acceptors (Lipinski definition) is 9. The average Bonchev–Trinajstić information content (AvgIpc) is 3.72. The summed E-state index contributed by atoms with van der Waals surface area (Å²) in [6.07, 6.45) is 4.15. The molecule has 2 unspecified atom stereocenters. The fourth-order valence-electron chi connectivity index (χ4n) is 6.28. The Morgan fingerprint density at radius 3 is 2.46 bits per heavy atom. The smallest absolute Gasteiger partial charge is 0.202 e. The molecule has 46 heavy (non-hydrogen) atoms. The van der Waals surface area contributed by atoms with Gasteiger partial charge in [0.25, 0.3) is 0 Å². The number of H-pyrrole nitrogens is 1. The molecular formula is C33H37F2N5O5S. The van der Waals surface area contributed by atoms with Gasteiger partial charge >= 0.3 is 0 Å². The first kappa shape index (κ1) is 32.2. The van der Waals surface area contributed by atoms with Gasteiger partial charge in [-0.25, -0.2) is 13.8 Å². The van der Waals surface area contributed by atoms with Gasteiger partial charge in [0.1, 0.15) is 28.8 Å². The number of carbonyl (C=O) groups is 1. The quantitative estimate of drug-likeness (QED) is 0.123. The minimum Gasteiger partial charge on any atom is -0.573 e. The zero-order valence-corrected chi connectivity index (χ0v) is 26.7. The molecule has 0 radical (unpaired) electrons. The maximum Gasteiger partial charge on any atom is 0.202 e. The molecule has 0 saturated carbocycles. The van der Waals surface area contributed by atoms with Crippen molar-refractivity contribution in [3.05, 3.63) is 71.8 Å². The molecule has 2 fully saturated rings. The van der Waals surface area contributed by atoms with Crippen LogP contribution in [0.4, 0.5) is 20.2 Å². The number of aromatic nitrogens is 2. The third-order valence-electron chi connectivity index (χ3n) is 8.81. The summed E-state index contributed by atoms with van der Waals surface area (Å²) in [6, 6.07) is 12.8. The molecule has 2 saturated heterocycles. The van der Waals surface area contributed by atoms with Crippen LogP contribution in [0.15, 0.2) is 54.9 Å². The van der Waals surface area contributed by atoms with E-state index in [0.717, 1.165) is 42.7 Å². The molecule has 2 aliphatic rings. The summed E-state index contributed by atoms with van der Waals surface area (Å²) >= 11 is -1.88. The largest absolute Gasteiger partial charge is 0.573 e. The van der Waals surface area contributed by atoms with Gasteiger partial charge in [-0.1, -0.05) is 12.1 Å². The number of halogens is 2. The fourth-order valence-corrected chi connectivity index (χ4v) is 7.32. The minimum absolute atomic E-state index is 0.0145. The van der Waals surface area contributed by atoms with Crippen LogP contribution in [-0.2, 0) is 21.0 Å². The van der Waals surface area contributed by atoms with Crippen LogP contribution < -0.4 is 14.4 Å². The standard InChI is InChI=1S/C33H37F2N5O5S/c1-43-28-9-8-27(38-46(42)40-15-12-23(34)19-40)30(35)29(28)31(41)26-18-37-32-25(26)16-22(17-36-32)20-4-6-24(7-5-20)39-13-10-21(11-14-39)33(44-2)45-3/h4-9,16-18,21,23,33,38H,10-15,19H2,1-3H3,(H,36,37). The van der Waals surface area contributed by atoms with Crippen molar-refractivity contribution in [2.45, 2.75) is 31.7 Å². The number of fused-ring (bicyclic) bond motifs is 1. The second kappa shape index (κ2) is 13.9. The number of piperidine rings is 1. The monoisotopic (exact) mass is 653 g/mol. The molecule has 4 aromatic rings. The highest BCUT2D eigenvalue weighted by Gasteiger charge is 2.33. The number of rotatable bonds is 11. The fraction of sp³-hybridized carbons (Fsp3) is 0.394. The van der Waals surface area contributed by atoms with E-state index in [4.69, 9.17) is 14.2 Å². The first-order valence-corrected chi connectivity index (χ1v) is 16.3. The molecule has 13 heteroatoms. The average molecular weight is 654 g/mol. The predicted octanol–water partition coefficient (Wildman–Crippen LogP) is 5.48. The number of nitrogens with zero attached hydrogens (tertiary/aromatic N) is 3. The third-order valence-corrected chi connectivity index (χ3v) is 10.0. The van der Waals surface area contributed by atoms with E-state index in [1.165, 1.54) is 29.7 Å². The zero-order chi connectivity index (χ0) is 32.4. The summed E-state index contributed by atoms with van der Waals surface area (Å²) in [5.74, 6) is -1.14. The van der Waals surface area contributed by atoms with Gasteiger partial charge in [-0.05, 0) is 55.2 Å². The van der Waals surface area contributed by atoms with Crippen LogP contribution in [0, 0.1) is 11.7 Å². The molecule has 0 amide bonds. The van der Waals surface area contributed by atoms with E-state index in [0.29, 0.717) is 17.0 Å². The summed E-state index contributed by atoms with van der Waals surface area (Å²) < 4.78 is 62.5. The maximum absolute atomic E-state index is 15.9. The Labute approximate surface area is 269 Å². The summed E-state index contributed by atoms with van der Waals surface area (Å²) in [4.78, 5) is 23.8.